The van der Waals surface area contributed by atoms with E-state index in [4.69, 9.17) is 4.74 Å². The van der Waals surface area contributed by atoms with Crippen molar-refractivity contribution in [2.24, 2.45) is 0 Å². The zero-order valence-electron chi connectivity index (χ0n) is 14.1. The van der Waals surface area contributed by atoms with Crippen LogP contribution in [0.4, 0.5) is 0 Å². The molecule has 0 N–H and O–H groups in total. The van der Waals surface area contributed by atoms with Crippen molar-refractivity contribution in [2.45, 2.75) is 84.0 Å². The molecule has 0 saturated carbocycles. The number of halogens is 1. The minimum Gasteiger partial charge on any atom is -0.494 e. The average Bonchev–Trinajstić information content (AvgIpc) is 2.85. The topological polar surface area (TPSA) is 9.23 Å². The highest BCUT2D eigenvalue weighted by Crippen LogP contribution is 2.47. The Bertz CT molecular complexity index is 402. The molecule has 0 aliphatic heterocycles. The van der Waals surface area contributed by atoms with Gasteiger partial charge in [-0.05, 0) is 28.8 Å². The van der Waals surface area contributed by atoms with Gasteiger partial charge in [0.25, 0.3) is 0 Å². The first-order chi connectivity index (χ1) is 10.1. The van der Waals surface area contributed by atoms with E-state index in [0.29, 0.717) is 0 Å². The van der Waals surface area contributed by atoms with Crippen molar-refractivity contribution in [3.05, 3.63) is 14.7 Å². The van der Waals surface area contributed by atoms with Crippen LogP contribution in [0, 0.1) is 0 Å². The second-order valence-electron chi connectivity index (χ2n) is 6.27. The van der Waals surface area contributed by atoms with Crippen LogP contribution < -0.4 is 4.74 Å². The summed E-state index contributed by atoms with van der Waals surface area (Å²) in [4.78, 5) is 1.43. The predicted molar refractivity (Wildman–Crippen MR) is 98.8 cm³/mol. The van der Waals surface area contributed by atoms with E-state index in [-0.39, 0.29) is 5.41 Å². The van der Waals surface area contributed by atoms with Crippen LogP contribution in [0.3, 0.4) is 0 Å². The molecule has 0 bridgehead atoms. The van der Waals surface area contributed by atoms with E-state index in [1.807, 2.05) is 11.3 Å². The van der Waals surface area contributed by atoms with E-state index in [9.17, 15) is 0 Å². The summed E-state index contributed by atoms with van der Waals surface area (Å²) < 4.78 is 6.77. The van der Waals surface area contributed by atoms with Crippen molar-refractivity contribution in [1.29, 1.82) is 0 Å². The van der Waals surface area contributed by atoms with Gasteiger partial charge in [-0.3, -0.25) is 0 Å². The molecule has 1 rings (SSSR count). The van der Waals surface area contributed by atoms with Crippen molar-refractivity contribution < 1.29 is 4.74 Å². The molecule has 122 valence electrons. The smallest absolute Gasteiger partial charge is 0.147 e. The minimum atomic E-state index is 0.269. The Morgan fingerprint density at radius 1 is 1.05 bits per heavy atom. The molecule has 0 saturated heterocycles. The van der Waals surface area contributed by atoms with Gasteiger partial charge in [0.2, 0.25) is 0 Å². The molecule has 0 fully saturated rings. The van der Waals surface area contributed by atoms with Crippen LogP contribution in [0.1, 0.15) is 83.4 Å². The van der Waals surface area contributed by atoms with Crippen LogP contribution in [-0.4, -0.2) is 7.11 Å². The summed E-state index contributed by atoms with van der Waals surface area (Å²) in [6, 6.07) is 0. The van der Waals surface area contributed by atoms with Crippen molar-refractivity contribution in [2.75, 3.05) is 7.11 Å². The molecule has 1 nitrogen and oxygen atoms in total. The summed E-state index contributed by atoms with van der Waals surface area (Å²) >= 11 is 5.49. The summed E-state index contributed by atoms with van der Waals surface area (Å²) in [5, 5.41) is 2.18. The Hall–Kier alpha value is -0.0200. The number of methoxy groups -OCH3 is 1. The average molecular weight is 375 g/mol. The summed E-state index contributed by atoms with van der Waals surface area (Å²) in [5.41, 5.74) is 0.269. The number of hydrogen-bond donors (Lipinski definition) is 0. The highest BCUT2D eigenvalue weighted by Gasteiger charge is 2.31. The van der Waals surface area contributed by atoms with Crippen molar-refractivity contribution in [3.63, 3.8) is 0 Å². The molecule has 0 aliphatic carbocycles. The van der Waals surface area contributed by atoms with Crippen LogP contribution in [0.15, 0.2) is 9.85 Å². The Morgan fingerprint density at radius 2 is 1.62 bits per heavy atom. The first-order valence-corrected chi connectivity index (χ1v) is 10.1. The molecule has 0 radical (unpaired) electrons. The summed E-state index contributed by atoms with van der Waals surface area (Å²) in [6.45, 7) is 7.00. The van der Waals surface area contributed by atoms with E-state index in [0.717, 1.165) is 10.2 Å². The lowest BCUT2D eigenvalue weighted by molar-refractivity contribution is 0.345. The second kappa shape index (κ2) is 9.89. The number of thiophene rings is 1. The van der Waals surface area contributed by atoms with Gasteiger partial charge in [-0.2, -0.15) is 0 Å². The number of hydrogen-bond acceptors (Lipinski definition) is 2. The fourth-order valence-electron chi connectivity index (χ4n) is 2.99. The third-order valence-corrected chi connectivity index (χ3v) is 6.53. The number of rotatable bonds is 11. The lowest BCUT2D eigenvalue weighted by Crippen LogP contribution is -2.21. The van der Waals surface area contributed by atoms with Gasteiger partial charge in [-0.25, -0.2) is 0 Å². The number of ether oxygens (including phenoxy) is 1. The van der Waals surface area contributed by atoms with Gasteiger partial charge < -0.3 is 4.74 Å². The molecule has 0 spiro atoms. The van der Waals surface area contributed by atoms with Crippen LogP contribution in [0.5, 0.6) is 5.75 Å². The highest BCUT2D eigenvalue weighted by molar-refractivity contribution is 9.10. The Kier molecular flexibility index (Phi) is 8.96. The third kappa shape index (κ3) is 5.59. The third-order valence-electron chi connectivity index (χ3n) is 4.37. The summed E-state index contributed by atoms with van der Waals surface area (Å²) in [7, 11) is 1.79. The van der Waals surface area contributed by atoms with Crippen molar-refractivity contribution in [1.82, 2.24) is 0 Å². The molecule has 3 heteroatoms. The molecular formula is C18H31BrOS. The van der Waals surface area contributed by atoms with Gasteiger partial charge in [0.05, 0.1) is 16.5 Å². The fraction of sp³-hybridized carbons (Fsp3) is 0.778. The van der Waals surface area contributed by atoms with Crippen LogP contribution in [-0.2, 0) is 5.41 Å². The monoisotopic (exact) mass is 374 g/mol. The van der Waals surface area contributed by atoms with Crippen LogP contribution in [0.2, 0.25) is 0 Å². The van der Waals surface area contributed by atoms with Crippen LogP contribution >= 0.6 is 27.3 Å². The highest BCUT2D eigenvalue weighted by atomic mass is 79.9. The molecule has 1 atom stereocenters. The summed E-state index contributed by atoms with van der Waals surface area (Å²) in [6.07, 6.45) is 11.8. The molecular weight excluding hydrogens is 344 g/mol. The van der Waals surface area contributed by atoms with E-state index in [1.165, 1.54) is 62.7 Å². The molecule has 1 aromatic heterocycles. The standard InChI is InChI=1S/C18H31BrOS/c1-5-7-9-11-13-18(3,12-10-8-6-2)17-16(20-4)15(19)14-21-17/h14H,5-13H2,1-4H3. The lowest BCUT2D eigenvalue weighted by Gasteiger charge is -2.30. The summed E-state index contributed by atoms with van der Waals surface area (Å²) in [5.74, 6) is 1.06. The van der Waals surface area contributed by atoms with Gasteiger partial charge in [-0.1, -0.05) is 65.7 Å². The van der Waals surface area contributed by atoms with E-state index in [1.54, 1.807) is 7.11 Å². The van der Waals surface area contributed by atoms with Gasteiger partial charge in [0.15, 0.2) is 0 Å². The molecule has 0 amide bonds. The van der Waals surface area contributed by atoms with Gasteiger partial charge in [0.1, 0.15) is 5.75 Å². The Balaban J connectivity index is 2.83. The first kappa shape index (κ1) is 19.0. The van der Waals surface area contributed by atoms with Gasteiger partial charge in [-0.15, -0.1) is 11.3 Å². The SMILES string of the molecule is CCCCCCC(C)(CCCCC)c1scc(Br)c1OC. The van der Waals surface area contributed by atoms with Gasteiger partial charge in [0, 0.05) is 10.8 Å². The van der Waals surface area contributed by atoms with Gasteiger partial charge >= 0.3 is 0 Å². The van der Waals surface area contributed by atoms with E-state index in [2.05, 4.69) is 42.1 Å². The maximum absolute atomic E-state index is 5.66. The molecule has 1 unspecified atom stereocenters. The molecule has 1 aromatic rings. The zero-order valence-corrected chi connectivity index (χ0v) is 16.5. The van der Waals surface area contributed by atoms with Crippen molar-refractivity contribution in [3.8, 4) is 5.75 Å². The quantitative estimate of drug-likeness (QED) is 0.368. The fourth-order valence-corrected chi connectivity index (χ4v) is 4.88. The van der Waals surface area contributed by atoms with E-state index >= 15 is 0 Å². The zero-order chi connectivity index (χ0) is 15.7. The molecule has 0 aliphatic rings. The van der Waals surface area contributed by atoms with Crippen LogP contribution in [0.25, 0.3) is 0 Å². The Labute approximate surface area is 143 Å². The maximum Gasteiger partial charge on any atom is 0.147 e. The Morgan fingerprint density at radius 3 is 2.19 bits per heavy atom. The van der Waals surface area contributed by atoms with E-state index < -0.39 is 0 Å². The maximum atomic E-state index is 5.66. The normalized spacial score (nSPS) is 14.1. The number of unbranched alkanes of at least 4 members (excludes halogenated alkanes) is 5. The minimum absolute atomic E-state index is 0.269. The molecule has 21 heavy (non-hydrogen) atoms. The molecule has 0 aromatic carbocycles. The largest absolute Gasteiger partial charge is 0.494 e. The predicted octanol–water partition coefficient (Wildman–Crippen LogP) is 7.33. The van der Waals surface area contributed by atoms with Crippen molar-refractivity contribution >= 4 is 27.3 Å². The lowest BCUT2D eigenvalue weighted by atomic mass is 9.78. The molecule has 1 heterocycles. The first-order valence-electron chi connectivity index (χ1n) is 8.40. The second-order valence-corrected chi connectivity index (χ2v) is 8.01.